The number of aryl methyl sites for hydroxylation is 2. The molecule has 2 aromatic rings. The third-order valence-electron chi connectivity index (χ3n) is 9.24. The molecular formula is C31H36ClN4O3S+. The van der Waals surface area contributed by atoms with E-state index < -0.39 is 11.9 Å². The first-order chi connectivity index (χ1) is 19.2. The third kappa shape index (κ3) is 5.13. The topological polar surface area (TPSA) is 78.4 Å². The Balaban J connectivity index is 1.27. The van der Waals surface area contributed by atoms with Crippen molar-refractivity contribution in [2.24, 2.45) is 5.92 Å². The van der Waals surface area contributed by atoms with Crippen LogP contribution in [0.4, 0.5) is 0 Å². The minimum Gasteiger partial charge on any atom is -0.481 e. The van der Waals surface area contributed by atoms with Gasteiger partial charge in [-0.2, -0.15) is 0 Å². The van der Waals surface area contributed by atoms with Gasteiger partial charge in [-0.1, -0.05) is 23.4 Å². The number of carboxylic acid groups (broad SMARTS) is 1. The fourth-order valence-corrected chi connectivity index (χ4v) is 8.72. The molecule has 2 aliphatic heterocycles. The van der Waals surface area contributed by atoms with Crippen molar-refractivity contribution in [3.8, 4) is 11.8 Å². The monoisotopic (exact) mass is 579 g/mol. The molecule has 2 aliphatic carbocycles. The number of carbonyl (C=O) groups is 1. The molecule has 210 valence electrons. The Morgan fingerprint density at radius 1 is 1.27 bits per heavy atom. The van der Waals surface area contributed by atoms with Crippen LogP contribution in [0.1, 0.15) is 59.8 Å². The third-order valence-corrected chi connectivity index (χ3v) is 10.9. The first-order valence-corrected chi connectivity index (χ1v) is 15.7. The summed E-state index contributed by atoms with van der Waals surface area (Å²) in [7, 11) is 4.19. The van der Waals surface area contributed by atoms with Crippen molar-refractivity contribution in [3.63, 3.8) is 0 Å². The highest BCUT2D eigenvalue weighted by Gasteiger charge is 2.49. The summed E-state index contributed by atoms with van der Waals surface area (Å²) >= 11 is 8.18. The van der Waals surface area contributed by atoms with E-state index in [4.69, 9.17) is 16.6 Å². The molecule has 7 nitrogen and oxygen atoms in total. The number of hydrogen-bond donors (Lipinski definition) is 1. The lowest BCUT2D eigenvalue weighted by molar-refractivity contribution is -0.505. The zero-order valence-electron chi connectivity index (χ0n) is 23.3. The molecule has 1 aromatic heterocycles. The predicted octanol–water partition coefficient (Wildman–Crippen LogP) is 3.60. The number of nitrogens with zero attached hydrogens (tertiary/aromatic N) is 4. The first-order valence-electron chi connectivity index (χ1n) is 14.2. The molecule has 6 rings (SSSR count). The molecule has 0 radical (unpaired) electrons. The normalized spacial score (nSPS) is 25.8. The second-order valence-electron chi connectivity index (χ2n) is 11.7. The smallest absolute Gasteiger partial charge is 0.317 e. The minimum absolute atomic E-state index is 0.0404. The van der Waals surface area contributed by atoms with Crippen molar-refractivity contribution in [2.45, 2.75) is 75.2 Å². The number of halogens is 1. The van der Waals surface area contributed by atoms with E-state index in [1.165, 1.54) is 12.8 Å². The molecule has 4 atom stereocenters. The van der Waals surface area contributed by atoms with Gasteiger partial charge in [-0.25, -0.2) is 9.56 Å². The molecule has 0 amide bonds. The second kappa shape index (κ2) is 11.0. The van der Waals surface area contributed by atoms with Gasteiger partial charge in [-0.3, -0.25) is 14.2 Å². The van der Waals surface area contributed by atoms with Gasteiger partial charge in [0.25, 0.3) is 5.56 Å². The van der Waals surface area contributed by atoms with Crippen LogP contribution in [0.3, 0.4) is 0 Å². The van der Waals surface area contributed by atoms with E-state index in [2.05, 4.69) is 28.4 Å². The number of fused-ring (bicyclic) bond motifs is 2. The lowest BCUT2D eigenvalue weighted by Crippen LogP contribution is -2.42. The Hall–Kier alpha value is -2.60. The highest BCUT2D eigenvalue weighted by molar-refractivity contribution is 8.01. The quantitative estimate of drug-likeness (QED) is 0.431. The maximum absolute atomic E-state index is 13.6. The van der Waals surface area contributed by atoms with E-state index in [0.29, 0.717) is 28.7 Å². The van der Waals surface area contributed by atoms with Crippen LogP contribution in [0.5, 0.6) is 0 Å². The highest BCUT2D eigenvalue weighted by Crippen LogP contribution is 2.44. The van der Waals surface area contributed by atoms with Crippen molar-refractivity contribution in [2.75, 3.05) is 26.4 Å². The van der Waals surface area contributed by atoms with Gasteiger partial charge in [-0.15, -0.1) is 11.8 Å². The molecule has 9 heteroatoms. The largest absolute Gasteiger partial charge is 0.481 e. The van der Waals surface area contributed by atoms with Crippen molar-refractivity contribution in [3.05, 3.63) is 61.8 Å². The number of hydrogen-bond acceptors (Lipinski definition) is 5. The van der Waals surface area contributed by atoms with Crippen LogP contribution in [0, 0.1) is 24.7 Å². The van der Waals surface area contributed by atoms with Crippen LogP contribution in [-0.4, -0.2) is 79.5 Å². The lowest BCUT2D eigenvalue weighted by Gasteiger charge is -2.32. The number of thioether (sulfide) groups is 1. The zero-order valence-corrected chi connectivity index (χ0v) is 24.9. The molecule has 1 saturated heterocycles. The van der Waals surface area contributed by atoms with Crippen LogP contribution in [-0.2, 0) is 24.2 Å². The average molecular weight is 580 g/mol. The Morgan fingerprint density at radius 2 is 2.08 bits per heavy atom. The minimum atomic E-state index is -0.756. The van der Waals surface area contributed by atoms with Gasteiger partial charge >= 0.3 is 5.97 Å². The van der Waals surface area contributed by atoms with E-state index in [1.54, 1.807) is 16.3 Å². The summed E-state index contributed by atoms with van der Waals surface area (Å²) in [6, 6.07) is 6.87. The summed E-state index contributed by atoms with van der Waals surface area (Å²) in [5, 5.41) is 10.5. The van der Waals surface area contributed by atoms with Crippen LogP contribution in [0.15, 0.2) is 23.0 Å². The summed E-state index contributed by atoms with van der Waals surface area (Å²) in [6.07, 6.45) is 6.09. The molecule has 1 N–H and O–H groups in total. The number of carboxylic acids is 1. The van der Waals surface area contributed by atoms with Gasteiger partial charge in [-0.05, 0) is 69.8 Å². The molecule has 40 heavy (non-hydrogen) atoms. The Labute approximate surface area is 244 Å². The van der Waals surface area contributed by atoms with Crippen molar-refractivity contribution in [1.29, 1.82) is 0 Å². The van der Waals surface area contributed by atoms with Crippen molar-refractivity contribution >= 4 is 35.0 Å². The number of rotatable bonds is 5. The average Bonchev–Trinajstić information content (AvgIpc) is 3.68. The second-order valence-corrected chi connectivity index (χ2v) is 13.3. The van der Waals surface area contributed by atoms with E-state index in [9.17, 15) is 14.7 Å². The Bertz CT molecular complexity index is 1520. The van der Waals surface area contributed by atoms with Gasteiger partial charge in [0.15, 0.2) is 5.71 Å². The van der Waals surface area contributed by atoms with Crippen molar-refractivity contribution < 1.29 is 14.5 Å². The maximum Gasteiger partial charge on any atom is 0.317 e. The van der Waals surface area contributed by atoms with Crippen LogP contribution in [0.2, 0.25) is 5.02 Å². The Morgan fingerprint density at radius 3 is 2.83 bits per heavy atom. The molecular weight excluding hydrogens is 544 g/mol. The zero-order chi connectivity index (χ0) is 28.1. The summed E-state index contributed by atoms with van der Waals surface area (Å²) < 4.78 is 3.84. The van der Waals surface area contributed by atoms with Crippen molar-refractivity contribution in [1.82, 2.24) is 14.5 Å². The Kier molecular flexibility index (Phi) is 7.58. The van der Waals surface area contributed by atoms with E-state index in [0.717, 1.165) is 60.3 Å². The first kappa shape index (κ1) is 27.6. The van der Waals surface area contributed by atoms with Crippen LogP contribution < -0.4 is 5.56 Å². The molecule has 4 aliphatic rings. The molecule has 2 fully saturated rings. The summed E-state index contributed by atoms with van der Waals surface area (Å²) in [5.41, 5.74) is 4.80. The number of likely N-dealkylation sites (N-methyl/N-ethyl adjacent to an activating group) is 1. The van der Waals surface area contributed by atoms with Crippen LogP contribution in [0.25, 0.3) is 0 Å². The van der Waals surface area contributed by atoms with Gasteiger partial charge in [0.05, 0.1) is 17.5 Å². The van der Waals surface area contributed by atoms with E-state index in [-0.39, 0.29) is 23.3 Å². The number of aliphatic carboxylic acids is 1. The maximum atomic E-state index is 13.6. The summed E-state index contributed by atoms with van der Waals surface area (Å²) in [5.74, 6) is 6.83. The van der Waals surface area contributed by atoms with Gasteiger partial charge in [0.1, 0.15) is 25.3 Å². The van der Waals surface area contributed by atoms with Gasteiger partial charge in [0, 0.05) is 46.3 Å². The lowest BCUT2D eigenvalue weighted by atomic mass is 9.82. The summed E-state index contributed by atoms with van der Waals surface area (Å²) in [4.78, 5) is 32.8. The molecule has 0 spiro atoms. The highest BCUT2D eigenvalue weighted by atomic mass is 35.5. The van der Waals surface area contributed by atoms with E-state index in [1.807, 2.05) is 32.2 Å². The molecule has 3 heterocycles. The standard InChI is InChI=1S/C31H35ClN4O3S/c1-18-33-27-11-10-22(35(3)21-8-9-21)16-25(27)30(37)36(18)13-4-5-19-6-7-20(32)15-24(19)23-12-14-34(2)28-26(31(38)39)17-40-29(23)28/h6-7,15,21-23,26,29H,8-14,16-17H2,1-3H3/p+1. The number of aromatic nitrogens is 2. The van der Waals surface area contributed by atoms with Crippen LogP contribution >= 0.6 is 23.4 Å². The fraction of sp³-hybridized carbons (Fsp3) is 0.548. The summed E-state index contributed by atoms with van der Waals surface area (Å²) in [6.45, 7) is 2.97. The van der Waals surface area contributed by atoms with Gasteiger partial charge < -0.3 is 10.0 Å². The molecule has 0 bridgehead atoms. The molecule has 4 unspecified atom stereocenters. The fourth-order valence-electron chi connectivity index (χ4n) is 6.80. The predicted molar refractivity (Wildman–Crippen MR) is 159 cm³/mol. The molecule has 1 saturated carbocycles. The van der Waals surface area contributed by atoms with E-state index >= 15 is 0 Å². The number of benzene rings is 1. The SMILES string of the molecule is Cc1nc2c(c(=O)n1CC#Cc1ccc(Cl)cc1C1CC[N+](C)=C3C(C(=O)O)CSC31)CC(N(C)C1CC1)CC2. The van der Waals surface area contributed by atoms with Gasteiger partial charge in [0.2, 0.25) is 0 Å². The molecule has 1 aromatic carbocycles.